The topological polar surface area (TPSA) is 63.6 Å². The highest BCUT2D eigenvalue weighted by Crippen LogP contribution is 2.37. The molecular formula is C19H26Cl2O4Si. The van der Waals surface area contributed by atoms with Gasteiger partial charge >= 0.3 is 5.97 Å². The Hall–Kier alpha value is -1.14. The zero-order chi connectivity index (χ0) is 20.1. The van der Waals surface area contributed by atoms with Crippen LogP contribution in [0.3, 0.4) is 0 Å². The summed E-state index contributed by atoms with van der Waals surface area (Å²) in [5.41, 5.74) is 0.678. The van der Waals surface area contributed by atoms with Gasteiger partial charge in [0.15, 0.2) is 14.1 Å². The van der Waals surface area contributed by atoms with Gasteiger partial charge in [-0.05, 0) is 54.4 Å². The monoisotopic (exact) mass is 416 g/mol. The largest absolute Gasteiger partial charge is 0.479 e. The molecule has 1 aromatic carbocycles. The predicted molar refractivity (Wildman–Crippen MR) is 109 cm³/mol. The van der Waals surface area contributed by atoms with E-state index < -0.39 is 20.4 Å². The highest BCUT2D eigenvalue weighted by molar-refractivity contribution is 6.74. The molecule has 1 aromatic rings. The van der Waals surface area contributed by atoms with Crippen LogP contribution in [0.15, 0.2) is 24.3 Å². The third kappa shape index (κ3) is 6.87. The summed E-state index contributed by atoms with van der Waals surface area (Å²) in [4.78, 5) is 23.6. The number of aliphatic carboxylic acids is 1. The Bertz CT molecular complexity index is 693. The summed E-state index contributed by atoms with van der Waals surface area (Å²) in [7, 11) is -2.23. The SMILES string of the molecule is CC(C)(C)[Si](C)(C)OC(CCC(=O)C=Cc1ccc(Cl)cc1Cl)C(=O)O. The van der Waals surface area contributed by atoms with Gasteiger partial charge in [0.25, 0.3) is 0 Å². The Morgan fingerprint density at radius 3 is 2.38 bits per heavy atom. The van der Waals surface area contributed by atoms with E-state index in [-0.39, 0.29) is 23.7 Å². The third-order valence-electron chi connectivity index (χ3n) is 4.58. The van der Waals surface area contributed by atoms with Crippen LogP contribution in [0.1, 0.15) is 39.2 Å². The van der Waals surface area contributed by atoms with Crippen molar-refractivity contribution in [3.8, 4) is 0 Å². The molecule has 0 bridgehead atoms. The number of hydrogen-bond acceptors (Lipinski definition) is 3. The maximum absolute atomic E-state index is 12.1. The lowest BCUT2D eigenvalue weighted by Crippen LogP contribution is -2.46. The van der Waals surface area contributed by atoms with Crippen LogP contribution in [-0.2, 0) is 14.0 Å². The van der Waals surface area contributed by atoms with Gasteiger partial charge in [-0.25, -0.2) is 4.79 Å². The molecule has 0 spiro atoms. The van der Waals surface area contributed by atoms with Crippen LogP contribution in [0.2, 0.25) is 28.2 Å². The molecule has 7 heteroatoms. The van der Waals surface area contributed by atoms with Gasteiger partial charge in [0.05, 0.1) is 0 Å². The van der Waals surface area contributed by atoms with Gasteiger partial charge in [-0.1, -0.05) is 50.0 Å². The van der Waals surface area contributed by atoms with Crippen molar-refractivity contribution in [1.29, 1.82) is 0 Å². The molecule has 0 aliphatic rings. The van der Waals surface area contributed by atoms with E-state index in [1.165, 1.54) is 6.08 Å². The molecule has 0 amide bonds. The number of carbonyl (C=O) groups is 2. The molecule has 144 valence electrons. The Kier molecular flexibility index (Phi) is 8.08. The smallest absolute Gasteiger partial charge is 0.331 e. The Labute approximate surface area is 166 Å². The second-order valence-electron chi connectivity index (χ2n) is 7.71. The number of rotatable bonds is 8. The maximum Gasteiger partial charge on any atom is 0.331 e. The van der Waals surface area contributed by atoms with Crippen molar-refractivity contribution in [3.05, 3.63) is 39.9 Å². The minimum atomic E-state index is -2.23. The molecule has 0 aliphatic carbocycles. The molecule has 0 heterocycles. The van der Waals surface area contributed by atoms with E-state index in [2.05, 4.69) is 0 Å². The van der Waals surface area contributed by atoms with Crippen LogP contribution in [-0.4, -0.2) is 31.3 Å². The first-order chi connectivity index (χ1) is 11.8. The zero-order valence-corrected chi connectivity index (χ0v) is 18.3. The van der Waals surface area contributed by atoms with E-state index in [1.807, 2.05) is 33.9 Å². The van der Waals surface area contributed by atoms with E-state index >= 15 is 0 Å². The Morgan fingerprint density at radius 2 is 1.88 bits per heavy atom. The summed E-state index contributed by atoms with van der Waals surface area (Å²) in [6.07, 6.45) is 2.26. The summed E-state index contributed by atoms with van der Waals surface area (Å²) in [5, 5.41) is 10.3. The van der Waals surface area contributed by atoms with E-state index in [0.29, 0.717) is 15.6 Å². The van der Waals surface area contributed by atoms with Crippen molar-refractivity contribution in [1.82, 2.24) is 0 Å². The number of carboxylic acids is 1. The van der Waals surface area contributed by atoms with Crippen LogP contribution in [0.5, 0.6) is 0 Å². The van der Waals surface area contributed by atoms with Crippen molar-refractivity contribution in [2.24, 2.45) is 0 Å². The summed E-state index contributed by atoms with van der Waals surface area (Å²) >= 11 is 11.9. The van der Waals surface area contributed by atoms with E-state index in [9.17, 15) is 14.7 Å². The summed E-state index contributed by atoms with van der Waals surface area (Å²) < 4.78 is 5.94. The zero-order valence-electron chi connectivity index (χ0n) is 15.8. The Morgan fingerprint density at radius 1 is 1.27 bits per heavy atom. The number of halogens is 2. The van der Waals surface area contributed by atoms with E-state index in [1.54, 1.807) is 24.3 Å². The second-order valence-corrected chi connectivity index (χ2v) is 13.3. The van der Waals surface area contributed by atoms with E-state index in [4.69, 9.17) is 27.6 Å². The van der Waals surface area contributed by atoms with Crippen molar-refractivity contribution in [2.45, 2.75) is 57.8 Å². The number of allylic oxidation sites excluding steroid dienone is 1. The third-order valence-corrected chi connectivity index (χ3v) is 9.63. The molecule has 1 atom stereocenters. The lowest BCUT2D eigenvalue weighted by atomic mass is 10.1. The standard InChI is InChI=1S/C19H26Cl2O4Si/c1-19(2,3)26(4,5)25-17(18(23)24)11-10-15(22)9-7-13-6-8-14(20)12-16(13)21/h6-9,12,17H,10-11H2,1-5H3,(H,23,24). The van der Waals surface area contributed by atoms with Crippen LogP contribution in [0.4, 0.5) is 0 Å². The molecule has 0 aliphatic heterocycles. The first-order valence-electron chi connectivity index (χ1n) is 8.40. The maximum atomic E-state index is 12.1. The average molecular weight is 417 g/mol. The van der Waals surface area contributed by atoms with E-state index in [0.717, 1.165) is 0 Å². The molecule has 0 aromatic heterocycles. The van der Waals surface area contributed by atoms with Gasteiger partial charge in [-0.3, -0.25) is 4.79 Å². The molecule has 0 radical (unpaired) electrons. The van der Waals surface area contributed by atoms with Crippen LogP contribution in [0, 0.1) is 0 Å². The normalized spacial score (nSPS) is 13.8. The first-order valence-corrected chi connectivity index (χ1v) is 12.1. The number of benzene rings is 1. The minimum absolute atomic E-state index is 0.0906. The lowest BCUT2D eigenvalue weighted by Gasteiger charge is -2.38. The molecule has 0 saturated heterocycles. The van der Waals surface area contributed by atoms with Crippen LogP contribution in [0.25, 0.3) is 6.08 Å². The van der Waals surface area contributed by atoms with Crippen LogP contribution >= 0.6 is 23.2 Å². The quantitative estimate of drug-likeness (QED) is 0.427. The fourth-order valence-corrected chi connectivity index (χ4v) is 3.70. The van der Waals surface area contributed by atoms with Gasteiger partial charge in [-0.15, -0.1) is 0 Å². The number of ketones is 1. The highest BCUT2D eigenvalue weighted by atomic mass is 35.5. The number of carbonyl (C=O) groups excluding carboxylic acids is 1. The van der Waals surface area contributed by atoms with Gasteiger partial charge in [0, 0.05) is 16.5 Å². The molecule has 4 nitrogen and oxygen atoms in total. The van der Waals surface area contributed by atoms with Gasteiger partial charge in [0.1, 0.15) is 6.10 Å². The minimum Gasteiger partial charge on any atom is -0.479 e. The lowest BCUT2D eigenvalue weighted by molar-refractivity contribution is -0.146. The van der Waals surface area contributed by atoms with Crippen molar-refractivity contribution >= 4 is 49.3 Å². The second kappa shape index (κ2) is 9.18. The Balaban J connectivity index is 2.70. The highest BCUT2D eigenvalue weighted by Gasteiger charge is 2.40. The van der Waals surface area contributed by atoms with Gasteiger partial charge in [-0.2, -0.15) is 0 Å². The fraction of sp³-hybridized carbons (Fsp3) is 0.474. The van der Waals surface area contributed by atoms with Gasteiger partial charge in [0.2, 0.25) is 0 Å². The molecular weight excluding hydrogens is 391 g/mol. The molecule has 1 unspecified atom stereocenters. The molecule has 0 saturated carbocycles. The number of carboxylic acid groups (broad SMARTS) is 1. The van der Waals surface area contributed by atoms with Crippen molar-refractivity contribution in [2.75, 3.05) is 0 Å². The molecule has 1 N–H and O–H groups in total. The van der Waals surface area contributed by atoms with Crippen molar-refractivity contribution in [3.63, 3.8) is 0 Å². The summed E-state index contributed by atoms with van der Waals surface area (Å²) in [6.45, 7) is 10.1. The van der Waals surface area contributed by atoms with Gasteiger partial charge < -0.3 is 9.53 Å². The van der Waals surface area contributed by atoms with Crippen LogP contribution < -0.4 is 0 Å². The number of hydrogen-bond donors (Lipinski definition) is 1. The molecule has 26 heavy (non-hydrogen) atoms. The summed E-state index contributed by atoms with van der Waals surface area (Å²) in [5.74, 6) is -1.21. The average Bonchev–Trinajstić information content (AvgIpc) is 2.49. The fourth-order valence-electron chi connectivity index (χ4n) is 1.94. The predicted octanol–water partition coefficient (Wildman–Crippen LogP) is 5.83. The molecule has 0 fully saturated rings. The van der Waals surface area contributed by atoms with Crippen molar-refractivity contribution < 1.29 is 19.1 Å². The first kappa shape index (κ1) is 22.9. The summed E-state index contributed by atoms with van der Waals surface area (Å²) in [6, 6.07) is 5.00. The molecule has 1 rings (SSSR count).